The first-order chi connectivity index (χ1) is 6.74. The van der Waals surface area contributed by atoms with Crippen molar-refractivity contribution in [3.05, 3.63) is 28.7 Å². The Morgan fingerprint density at radius 2 is 2.21 bits per heavy atom. The fourth-order valence-electron chi connectivity index (χ4n) is 1.11. The summed E-state index contributed by atoms with van der Waals surface area (Å²) in [6.45, 7) is 4.51. The van der Waals surface area contributed by atoms with Gasteiger partial charge in [-0.15, -0.1) is 10.2 Å². The van der Waals surface area contributed by atoms with Gasteiger partial charge in [0.05, 0.1) is 6.54 Å². The smallest absolute Gasteiger partial charge is 0.206 e. The summed E-state index contributed by atoms with van der Waals surface area (Å²) in [4.78, 5) is 0. The molecule has 2 heterocycles. The third-order valence-corrected chi connectivity index (χ3v) is 2.53. The van der Waals surface area contributed by atoms with Gasteiger partial charge >= 0.3 is 0 Å². The van der Waals surface area contributed by atoms with E-state index < -0.39 is 0 Å². The highest BCUT2D eigenvalue weighted by molar-refractivity contribution is 7.15. The molecule has 14 heavy (non-hydrogen) atoms. The lowest BCUT2D eigenvalue weighted by Crippen LogP contribution is -1.97. The number of furan rings is 1. The van der Waals surface area contributed by atoms with E-state index in [9.17, 15) is 0 Å². The van der Waals surface area contributed by atoms with E-state index in [1.54, 1.807) is 0 Å². The van der Waals surface area contributed by atoms with Gasteiger partial charge in [0.25, 0.3) is 0 Å². The van der Waals surface area contributed by atoms with Gasteiger partial charge in [-0.3, -0.25) is 0 Å². The first kappa shape index (κ1) is 9.21. The highest BCUT2D eigenvalue weighted by Gasteiger charge is 2.01. The van der Waals surface area contributed by atoms with Crippen LogP contribution >= 0.6 is 11.3 Å². The molecule has 1 N–H and O–H groups in total. The molecule has 0 amide bonds. The zero-order valence-corrected chi connectivity index (χ0v) is 8.89. The molecule has 0 aliphatic heterocycles. The number of nitrogens with one attached hydrogen (secondary N) is 1. The van der Waals surface area contributed by atoms with E-state index in [4.69, 9.17) is 4.42 Å². The van der Waals surface area contributed by atoms with Crippen LogP contribution in [0.1, 0.15) is 16.5 Å². The van der Waals surface area contributed by atoms with Gasteiger partial charge < -0.3 is 9.73 Å². The topological polar surface area (TPSA) is 51.0 Å². The largest absolute Gasteiger partial charge is 0.465 e. The Kier molecular flexibility index (Phi) is 2.49. The van der Waals surface area contributed by atoms with Gasteiger partial charge in [-0.2, -0.15) is 0 Å². The molecule has 4 nitrogen and oxygen atoms in total. The van der Waals surface area contributed by atoms with Crippen LogP contribution in [0, 0.1) is 13.8 Å². The lowest BCUT2D eigenvalue weighted by atomic mass is 10.4. The van der Waals surface area contributed by atoms with E-state index in [2.05, 4.69) is 15.5 Å². The molecule has 2 rings (SSSR count). The van der Waals surface area contributed by atoms with Crippen molar-refractivity contribution < 1.29 is 4.42 Å². The summed E-state index contributed by atoms with van der Waals surface area (Å²) in [5.74, 6) is 1.84. The summed E-state index contributed by atoms with van der Waals surface area (Å²) in [5.41, 5.74) is 0. The molecule has 5 heteroatoms. The molecular weight excluding hydrogens is 198 g/mol. The van der Waals surface area contributed by atoms with Crippen molar-refractivity contribution in [1.29, 1.82) is 0 Å². The number of hydrogen-bond acceptors (Lipinski definition) is 5. The summed E-state index contributed by atoms with van der Waals surface area (Å²) >= 11 is 1.54. The standard InChI is InChI=1S/C9H11N3OS/c1-6-3-4-8(13-6)5-10-9-12-11-7(2)14-9/h3-4H,5H2,1-2H3,(H,10,12). The number of anilines is 1. The minimum absolute atomic E-state index is 0.655. The van der Waals surface area contributed by atoms with Crippen LogP contribution in [-0.4, -0.2) is 10.2 Å². The maximum Gasteiger partial charge on any atom is 0.206 e. The Hall–Kier alpha value is -1.36. The van der Waals surface area contributed by atoms with Gasteiger partial charge in [0, 0.05) is 0 Å². The second-order valence-electron chi connectivity index (χ2n) is 2.99. The predicted molar refractivity (Wildman–Crippen MR) is 55.4 cm³/mol. The van der Waals surface area contributed by atoms with E-state index in [1.807, 2.05) is 26.0 Å². The molecule has 0 saturated carbocycles. The second kappa shape index (κ2) is 3.79. The third kappa shape index (κ3) is 2.11. The Morgan fingerprint density at radius 3 is 2.79 bits per heavy atom. The first-order valence-corrected chi connectivity index (χ1v) is 5.15. The monoisotopic (exact) mass is 209 g/mol. The minimum Gasteiger partial charge on any atom is -0.465 e. The quantitative estimate of drug-likeness (QED) is 0.843. The van der Waals surface area contributed by atoms with Crippen molar-refractivity contribution in [3.63, 3.8) is 0 Å². The summed E-state index contributed by atoms with van der Waals surface area (Å²) in [6.07, 6.45) is 0. The van der Waals surface area contributed by atoms with Crippen LogP contribution in [0.15, 0.2) is 16.5 Å². The van der Waals surface area contributed by atoms with E-state index in [0.717, 1.165) is 21.7 Å². The molecule has 0 fully saturated rings. The summed E-state index contributed by atoms with van der Waals surface area (Å²) in [6, 6.07) is 3.90. The van der Waals surface area contributed by atoms with E-state index in [-0.39, 0.29) is 0 Å². The molecular formula is C9H11N3OS. The van der Waals surface area contributed by atoms with Crippen molar-refractivity contribution in [2.45, 2.75) is 20.4 Å². The Balaban J connectivity index is 1.94. The van der Waals surface area contributed by atoms with E-state index in [0.29, 0.717) is 6.54 Å². The molecule has 2 aromatic heterocycles. The molecule has 0 bridgehead atoms. The lowest BCUT2D eigenvalue weighted by molar-refractivity contribution is 0.490. The fourth-order valence-corrected chi connectivity index (χ4v) is 1.70. The van der Waals surface area contributed by atoms with Gasteiger partial charge in [-0.1, -0.05) is 11.3 Å². The summed E-state index contributed by atoms with van der Waals surface area (Å²) < 4.78 is 5.41. The van der Waals surface area contributed by atoms with Crippen molar-refractivity contribution in [1.82, 2.24) is 10.2 Å². The molecule has 0 saturated heterocycles. The highest BCUT2D eigenvalue weighted by atomic mass is 32.1. The van der Waals surface area contributed by atoms with Gasteiger partial charge in [-0.05, 0) is 26.0 Å². The zero-order chi connectivity index (χ0) is 9.97. The molecule has 0 spiro atoms. The Morgan fingerprint density at radius 1 is 1.36 bits per heavy atom. The van der Waals surface area contributed by atoms with E-state index >= 15 is 0 Å². The van der Waals surface area contributed by atoms with Crippen LogP contribution in [0.4, 0.5) is 5.13 Å². The maximum atomic E-state index is 5.41. The fraction of sp³-hybridized carbons (Fsp3) is 0.333. The average molecular weight is 209 g/mol. The van der Waals surface area contributed by atoms with Crippen molar-refractivity contribution in [2.75, 3.05) is 5.32 Å². The Bertz CT molecular complexity index is 381. The number of aryl methyl sites for hydroxylation is 2. The molecule has 2 aromatic rings. The molecule has 74 valence electrons. The van der Waals surface area contributed by atoms with Crippen molar-refractivity contribution in [2.24, 2.45) is 0 Å². The average Bonchev–Trinajstić information content (AvgIpc) is 2.72. The summed E-state index contributed by atoms with van der Waals surface area (Å²) in [7, 11) is 0. The van der Waals surface area contributed by atoms with Crippen LogP contribution in [-0.2, 0) is 6.54 Å². The van der Waals surface area contributed by atoms with Gasteiger partial charge in [-0.25, -0.2) is 0 Å². The van der Waals surface area contributed by atoms with Crippen LogP contribution < -0.4 is 5.32 Å². The highest BCUT2D eigenvalue weighted by Crippen LogP contribution is 2.15. The normalized spacial score (nSPS) is 10.4. The lowest BCUT2D eigenvalue weighted by Gasteiger charge is -1.97. The number of hydrogen-bond donors (Lipinski definition) is 1. The number of aromatic nitrogens is 2. The predicted octanol–water partition coefficient (Wildman–Crippen LogP) is 2.36. The first-order valence-electron chi connectivity index (χ1n) is 4.33. The maximum absolute atomic E-state index is 5.41. The van der Waals surface area contributed by atoms with Crippen LogP contribution in [0.25, 0.3) is 0 Å². The van der Waals surface area contributed by atoms with Crippen LogP contribution in [0.2, 0.25) is 0 Å². The second-order valence-corrected chi connectivity index (χ2v) is 4.17. The van der Waals surface area contributed by atoms with Crippen molar-refractivity contribution >= 4 is 16.5 Å². The van der Waals surface area contributed by atoms with Gasteiger partial charge in [0.1, 0.15) is 16.5 Å². The minimum atomic E-state index is 0.655. The molecule has 0 aromatic carbocycles. The molecule has 0 radical (unpaired) electrons. The SMILES string of the molecule is Cc1ccc(CNc2nnc(C)s2)o1. The molecule has 0 aliphatic rings. The van der Waals surface area contributed by atoms with Crippen LogP contribution in [0.3, 0.4) is 0 Å². The third-order valence-electron chi connectivity index (χ3n) is 1.74. The van der Waals surface area contributed by atoms with Crippen molar-refractivity contribution in [3.8, 4) is 0 Å². The molecule has 0 unspecified atom stereocenters. The number of rotatable bonds is 3. The number of nitrogens with zero attached hydrogens (tertiary/aromatic N) is 2. The van der Waals surface area contributed by atoms with Crippen LogP contribution in [0.5, 0.6) is 0 Å². The van der Waals surface area contributed by atoms with Gasteiger partial charge in [0.15, 0.2) is 0 Å². The molecule has 0 atom stereocenters. The molecule has 0 aliphatic carbocycles. The summed E-state index contributed by atoms with van der Waals surface area (Å²) in [5, 5.41) is 12.8. The van der Waals surface area contributed by atoms with Gasteiger partial charge in [0.2, 0.25) is 5.13 Å². The zero-order valence-electron chi connectivity index (χ0n) is 8.07. The van der Waals surface area contributed by atoms with E-state index in [1.165, 1.54) is 11.3 Å². The Labute approximate surface area is 86.0 Å².